The number of carbonyl (C=O) groups is 2. The largest absolute Gasteiger partial charge is 0.444 e. The van der Waals surface area contributed by atoms with Gasteiger partial charge in [0.25, 0.3) is 0 Å². The fourth-order valence-electron chi connectivity index (χ4n) is 2.25. The van der Waals surface area contributed by atoms with Gasteiger partial charge in [0.1, 0.15) is 5.60 Å². The van der Waals surface area contributed by atoms with E-state index in [0.29, 0.717) is 0 Å². The number of nitrogens with two attached hydrogens (primary N) is 1. The van der Waals surface area contributed by atoms with Crippen LogP contribution in [0.5, 0.6) is 0 Å². The molecule has 0 saturated heterocycles. The molecule has 0 aromatic carbocycles. The number of rotatable bonds is 3. The first-order chi connectivity index (χ1) is 9.19. The summed E-state index contributed by atoms with van der Waals surface area (Å²) in [7, 11) is 0. The first-order valence-electron chi connectivity index (χ1n) is 7.24. The van der Waals surface area contributed by atoms with Crippen LogP contribution in [0.15, 0.2) is 0 Å². The molecular weight excluding hydrogens is 258 g/mol. The zero-order valence-electron chi connectivity index (χ0n) is 12.9. The van der Waals surface area contributed by atoms with Crippen molar-refractivity contribution in [3.63, 3.8) is 0 Å². The molecule has 1 aliphatic rings. The molecule has 0 unspecified atom stereocenters. The number of hydrogen-bond donors (Lipinski definition) is 3. The predicted octanol–water partition coefficient (Wildman–Crippen LogP) is 1.29. The Kier molecular flexibility index (Phi) is 5.80. The second kappa shape index (κ2) is 6.92. The molecule has 6 nitrogen and oxygen atoms in total. The Bertz CT molecular complexity index is 350. The average molecular weight is 285 g/mol. The Hall–Kier alpha value is -1.30. The Balaban J connectivity index is 2.56. The van der Waals surface area contributed by atoms with Gasteiger partial charge in [0.05, 0.1) is 12.1 Å². The third-order valence-corrected chi connectivity index (χ3v) is 3.21. The van der Waals surface area contributed by atoms with E-state index in [-0.39, 0.29) is 18.0 Å². The van der Waals surface area contributed by atoms with Gasteiger partial charge in [0, 0.05) is 6.04 Å². The second-order valence-corrected chi connectivity index (χ2v) is 6.44. The van der Waals surface area contributed by atoms with E-state index in [2.05, 4.69) is 10.6 Å². The lowest BCUT2D eigenvalue weighted by molar-refractivity contribution is -0.123. The molecule has 0 aromatic heterocycles. The quantitative estimate of drug-likeness (QED) is 0.728. The van der Waals surface area contributed by atoms with Crippen molar-refractivity contribution >= 4 is 12.0 Å². The van der Waals surface area contributed by atoms with E-state index >= 15 is 0 Å². The van der Waals surface area contributed by atoms with Crippen molar-refractivity contribution < 1.29 is 14.3 Å². The van der Waals surface area contributed by atoms with E-state index in [0.717, 1.165) is 25.7 Å². The van der Waals surface area contributed by atoms with Crippen LogP contribution in [0.2, 0.25) is 0 Å². The molecule has 0 aromatic rings. The van der Waals surface area contributed by atoms with Crippen molar-refractivity contribution in [2.45, 2.75) is 77.1 Å². The van der Waals surface area contributed by atoms with Crippen LogP contribution in [0, 0.1) is 0 Å². The zero-order valence-corrected chi connectivity index (χ0v) is 12.9. The van der Waals surface area contributed by atoms with Crippen LogP contribution in [0.25, 0.3) is 0 Å². The molecule has 0 aliphatic heterocycles. The van der Waals surface area contributed by atoms with E-state index in [9.17, 15) is 9.59 Å². The number of alkyl carbamates (subject to hydrolysis) is 1. The van der Waals surface area contributed by atoms with Gasteiger partial charge >= 0.3 is 6.09 Å². The van der Waals surface area contributed by atoms with Gasteiger partial charge in [-0.2, -0.15) is 0 Å². The van der Waals surface area contributed by atoms with Crippen LogP contribution in [0.1, 0.15) is 53.4 Å². The molecule has 0 bridgehead atoms. The predicted molar refractivity (Wildman–Crippen MR) is 77.2 cm³/mol. The van der Waals surface area contributed by atoms with Crippen LogP contribution in [-0.4, -0.2) is 35.7 Å². The van der Waals surface area contributed by atoms with Crippen molar-refractivity contribution in [1.82, 2.24) is 10.6 Å². The van der Waals surface area contributed by atoms with Gasteiger partial charge in [-0.3, -0.25) is 4.79 Å². The van der Waals surface area contributed by atoms with Crippen LogP contribution in [0.3, 0.4) is 0 Å². The van der Waals surface area contributed by atoms with Gasteiger partial charge in [-0.25, -0.2) is 4.79 Å². The number of hydrogen-bond acceptors (Lipinski definition) is 4. The topological polar surface area (TPSA) is 93.5 Å². The minimum Gasteiger partial charge on any atom is -0.444 e. The van der Waals surface area contributed by atoms with Crippen LogP contribution >= 0.6 is 0 Å². The summed E-state index contributed by atoms with van der Waals surface area (Å²) in [5.74, 6) is -0.187. The molecule has 116 valence electrons. The highest BCUT2D eigenvalue weighted by Crippen LogP contribution is 2.19. The molecule has 20 heavy (non-hydrogen) atoms. The zero-order chi connectivity index (χ0) is 15.3. The molecule has 3 atom stereocenters. The third kappa shape index (κ3) is 5.77. The van der Waals surface area contributed by atoms with Crippen molar-refractivity contribution in [1.29, 1.82) is 0 Å². The summed E-state index contributed by atoms with van der Waals surface area (Å²) in [5.41, 5.74) is 5.03. The minimum atomic E-state index is -0.542. The van der Waals surface area contributed by atoms with Gasteiger partial charge in [0.15, 0.2) is 0 Å². The van der Waals surface area contributed by atoms with Crippen LogP contribution in [0.4, 0.5) is 4.79 Å². The highest BCUT2D eigenvalue weighted by Gasteiger charge is 2.29. The molecule has 6 heteroatoms. The van der Waals surface area contributed by atoms with Crippen molar-refractivity contribution in [3.05, 3.63) is 0 Å². The molecule has 0 spiro atoms. The Morgan fingerprint density at radius 2 is 1.65 bits per heavy atom. The van der Waals surface area contributed by atoms with E-state index in [1.807, 2.05) is 20.8 Å². The molecule has 1 fully saturated rings. The molecule has 1 rings (SSSR count). The summed E-state index contributed by atoms with van der Waals surface area (Å²) in [6.45, 7) is 7.11. The number of carbonyl (C=O) groups excluding carboxylic acids is 2. The maximum absolute atomic E-state index is 11.8. The molecule has 2 amide bonds. The maximum Gasteiger partial charge on any atom is 0.407 e. The summed E-state index contributed by atoms with van der Waals surface area (Å²) in [6.07, 6.45) is 3.31. The average Bonchev–Trinajstić information content (AvgIpc) is 2.28. The van der Waals surface area contributed by atoms with Crippen molar-refractivity contribution in [2.75, 3.05) is 0 Å². The van der Waals surface area contributed by atoms with Crippen LogP contribution in [-0.2, 0) is 9.53 Å². The molecular formula is C14H27N3O3. The summed E-state index contributed by atoms with van der Waals surface area (Å²) in [4.78, 5) is 23.5. The summed E-state index contributed by atoms with van der Waals surface area (Å²) >= 11 is 0. The highest BCUT2D eigenvalue weighted by atomic mass is 16.6. The van der Waals surface area contributed by atoms with E-state index in [4.69, 9.17) is 10.5 Å². The van der Waals surface area contributed by atoms with E-state index in [1.165, 1.54) is 0 Å². The Labute approximate surface area is 120 Å². The summed E-state index contributed by atoms with van der Waals surface area (Å²) in [6, 6.07) is -0.713. The molecule has 1 saturated carbocycles. The second-order valence-electron chi connectivity index (χ2n) is 6.44. The van der Waals surface area contributed by atoms with Gasteiger partial charge in [-0.05, 0) is 40.5 Å². The Morgan fingerprint density at radius 1 is 1.15 bits per heavy atom. The van der Waals surface area contributed by atoms with Crippen LogP contribution < -0.4 is 16.4 Å². The molecule has 0 heterocycles. The fraction of sp³-hybridized carbons (Fsp3) is 0.857. The smallest absolute Gasteiger partial charge is 0.407 e. The SMILES string of the molecule is C[C@H](N)C(=O)N[C@@H]1CCCC[C@H]1NC(=O)OC(C)(C)C. The number of ether oxygens (including phenoxy) is 1. The number of amides is 2. The molecule has 1 aliphatic carbocycles. The summed E-state index contributed by atoms with van der Waals surface area (Å²) < 4.78 is 5.25. The van der Waals surface area contributed by atoms with E-state index in [1.54, 1.807) is 6.92 Å². The first kappa shape index (κ1) is 16.8. The first-order valence-corrected chi connectivity index (χ1v) is 7.24. The molecule has 0 radical (unpaired) electrons. The maximum atomic E-state index is 11.8. The lowest BCUT2D eigenvalue weighted by Gasteiger charge is -2.33. The lowest BCUT2D eigenvalue weighted by atomic mass is 9.90. The standard InChI is InChI=1S/C14H27N3O3/c1-9(15)12(18)16-10-7-5-6-8-11(10)17-13(19)20-14(2,3)4/h9-11H,5-8,15H2,1-4H3,(H,16,18)(H,17,19)/t9-,10+,11+/m0/s1. The van der Waals surface area contributed by atoms with Gasteiger partial charge in [-0.1, -0.05) is 12.8 Å². The lowest BCUT2D eigenvalue weighted by Crippen LogP contribution is -2.56. The molecule has 4 N–H and O–H groups in total. The van der Waals surface area contributed by atoms with Crippen molar-refractivity contribution in [3.8, 4) is 0 Å². The highest BCUT2D eigenvalue weighted by molar-refractivity contribution is 5.81. The van der Waals surface area contributed by atoms with Crippen molar-refractivity contribution in [2.24, 2.45) is 5.73 Å². The monoisotopic (exact) mass is 285 g/mol. The normalized spacial score (nSPS) is 24.6. The van der Waals surface area contributed by atoms with Gasteiger partial charge in [-0.15, -0.1) is 0 Å². The Morgan fingerprint density at radius 3 is 2.10 bits per heavy atom. The van der Waals surface area contributed by atoms with Gasteiger partial charge < -0.3 is 21.1 Å². The fourth-order valence-corrected chi connectivity index (χ4v) is 2.25. The van der Waals surface area contributed by atoms with Gasteiger partial charge in [0.2, 0.25) is 5.91 Å². The third-order valence-electron chi connectivity index (χ3n) is 3.21. The van der Waals surface area contributed by atoms with E-state index < -0.39 is 17.7 Å². The summed E-state index contributed by atoms with van der Waals surface area (Å²) in [5, 5.41) is 5.76. The minimum absolute atomic E-state index is 0.0743. The number of nitrogens with one attached hydrogen (secondary N) is 2.